The predicted octanol–water partition coefficient (Wildman–Crippen LogP) is 4.92. The van der Waals surface area contributed by atoms with E-state index in [1.54, 1.807) is 11.3 Å². The van der Waals surface area contributed by atoms with E-state index in [1.807, 2.05) is 6.07 Å². The van der Waals surface area contributed by atoms with Gasteiger partial charge >= 0.3 is 0 Å². The van der Waals surface area contributed by atoms with Gasteiger partial charge in [0.25, 0.3) is 0 Å². The lowest BCUT2D eigenvalue weighted by molar-refractivity contribution is 0.733. The summed E-state index contributed by atoms with van der Waals surface area (Å²) < 4.78 is 0. The lowest BCUT2D eigenvalue weighted by Crippen LogP contribution is -1.92. The van der Waals surface area contributed by atoms with E-state index in [0.717, 1.165) is 12.1 Å². The molecule has 1 nitrogen and oxygen atoms in total. The summed E-state index contributed by atoms with van der Waals surface area (Å²) in [5.74, 6) is 0. The molecular formula is C14H16BrNS. The highest BCUT2D eigenvalue weighted by Crippen LogP contribution is 2.22. The highest BCUT2D eigenvalue weighted by molar-refractivity contribution is 9.09. The van der Waals surface area contributed by atoms with Gasteiger partial charge < -0.3 is 0 Å². The van der Waals surface area contributed by atoms with Crippen LogP contribution in [0.5, 0.6) is 0 Å². The fraction of sp³-hybridized carbons (Fsp3) is 0.357. The topological polar surface area (TPSA) is 12.9 Å². The normalized spacial score (nSPS) is 12.6. The molecule has 0 saturated heterocycles. The molecule has 1 unspecified atom stereocenters. The van der Waals surface area contributed by atoms with Crippen LogP contribution in [0.15, 0.2) is 35.7 Å². The molecule has 0 aliphatic rings. The molecule has 0 radical (unpaired) electrons. The number of alkyl halides is 1. The van der Waals surface area contributed by atoms with Crippen molar-refractivity contribution in [2.75, 3.05) is 0 Å². The monoisotopic (exact) mass is 309 g/mol. The molecular weight excluding hydrogens is 294 g/mol. The van der Waals surface area contributed by atoms with Gasteiger partial charge in [-0.3, -0.25) is 0 Å². The summed E-state index contributed by atoms with van der Waals surface area (Å²) in [4.78, 5) is 5.29. The molecule has 0 fully saturated rings. The van der Waals surface area contributed by atoms with Gasteiger partial charge in [-0.2, -0.15) is 0 Å². The quantitative estimate of drug-likeness (QED) is 0.715. The van der Waals surface area contributed by atoms with E-state index in [0.29, 0.717) is 4.83 Å². The molecule has 1 atom stereocenters. The first-order chi connectivity index (χ1) is 8.25. The average Bonchev–Trinajstić information content (AvgIpc) is 2.78. The first-order valence-electron chi connectivity index (χ1n) is 5.89. The Kier molecular flexibility index (Phi) is 4.75. The first-order valence-corrected chi connectivity index (χ1v) is 7.69. The molecule has 0 saturated carbocycles. The summed E-state index contributed by atoms with van der Waals surface area (Å²) in [5, 5.41) is 3.40. The Hall–Kier alpha value is -0.670. The molecule has 0 aliphatic heterocycles. The zero-order valence-electron chi connectivity index (χ0n) is 9.90. The molecule has 0 bridgehead atoms. The van der Waals surface area contributed by atoms with Crippen LogP contribution in [0, 0.1) is 0 Å². The van der Waals surface area contributed by atoms with Crippen LogP contribution < -0.4 is 0 Å². The van der Waals surface area contributed by atoms with E-state index in [1.165, 1.54) is 23.4 Å². The number of halogens is 1. The lowest BCUT2D eigenvalue weighted by atomic mass is 10.2. The summed E-state index contributed by atoms with van der Waals surface area (Å²) in [6.45, 7) is 2.19. The highest BCUT2D eigenvalue weighted by Gasteiger charge is 2.04. The molecule has 1 aromatic carbocycles. The molecule has 2 rings (SSSR count). The van der Waals surface area contributed by atoms with Crippen molar-refractivity contribution in [2.24, 2.45) is 0 Å². The first kappa shape index (κ1) is 12.8. The molecule has 0 amide bonds. The SMILES string of the molecule is CC(Br)CCCc1nc(-c2ccccc2)cs1. The Morgan fingerprint density at radius 3 is 2.76 bits per heavy atom. The smallest absolute Gasteiger partial charge is 0.0932 e. The van der Waals surface area contributed by atoms with Gasteiger partial charge in [0.15, 0.2) is 0 Å². The van der Waals surface area contributed by atoms with Crippen LogP contribution in [0.25, 0.3) is 11.3 Å². The molecule has 1 aromatic heterocycles. The number of benzene rings is 1. The van der Waals surface area contributed by atoms with E-state index in [9.17, 15) is 0 Å². The molecule has 0 aliphatic carbocycles. The molecule has 0 N–H and O–H groups in total. The summed E-state index contributed by atoms with van der Waals surface area (Å²) in [7, 11) is 0. The molecule has 1 heterocycles. The van der Waals surface area contributed by atoms with Crippen LogP contribution in [0.2, 0.25) is 0 Å². The Morgan fingerprint density at radius 1 is 1.29 bits per heavy atom. The summed E-state index contributed by atoms with van der Waals surface area (Å²) in [6, 6.07) is 10.4. The molecule has 0 spiro atoms. The van der Waals surface area contributed by atoms with Crippen LogP contribution in [0.4, 0.5) is 0 Å². The maximum absolute atomic E-state index is 4.68. The van der Waals surface area contributed by atoms with Crippen molar-refractivity contribution in [3.63, 3.8) is 0 Å². The van der Waals surface area contributed by atoms with Gasteiger partial charge in [0, 0.05) is 15.8 Å². The largest absolute Gasteiger partial charge is 0.241 e. The third-order valence-electron chi connectivity index (χ3n) is 2.61. The van der Waals surface area contributed by atoms with Crippen molar-refractivity contribution in [1.82, 2.24) is 4.98 Å². The zero-order valence-corrected chi connectivity index (χ0v) is 12.3. The van der Waals surface area contributed by atoms with Crippen molar-refractivity contribution in [1.29, 1.82) is 0 Å². The van der Waals surface area contributed by atoms with Gasteiger partial charge in [-0.05, 0) is 19.3 Å². The maximum Gasteiger partial charge on any atom is 0.0932 e. The third kappa shape index (κ3) is 3.93. The van der Waals surface area contributed by atoms with Gasteiger partial charge in [-0.1, -0.05) is 53.2 Å². The molecule has 2 aromatic rings. The second-order valence-corrected chi connectivity index (χ2v) is 6.67. The van der Waals surface area contributed by atoms with Gasteiger partial charge in [-0.25, -0.2) is 4.98 Å². The molecule has 3 heteroatoms. The third-order valence-corrected chi connectivity index (χ3v) is 3.98. The van der Waals surface area contributed by atoms with Crippen LogP contribution >= 0.6 is 27.3 Å². The predicted molar refractivity (Wildman–Crippen MR) is 78.9 cm³/mol. The number of hydrogen-bond acceptors (Lipinski definition) is 2. The Balaban J connectivity index is 1.97. The number of aryl methyl sites for hydroxylation is 1. The molecule has 90 valence electrons. The second kappa shape index (κ2) is 6.31. The fourth-order valence-corrected chi connectivity index (χ4v) is 2.88. The summed E-state index contributed by atoms with van der Waals surface area (Å²) in [5.41, 5.74) is 2.32. The van der Waals surface area contributed by atoms with Crippen molar-refractivity contribution >= 4 is 27.3 Å². The number of aromatic nitrogens is 1. The van der Waals surface area contributed by atoms with E-state index >= 15 is 0 Å². The van der Waals surface area contributed by atoms with Gasteiger partial charge in [0.05, 0.1) is 10.7 Å². The minimum atomic E-state index is 0.607. The van der Waals surface area contributed by atoms with Gasteiger partial charge in [-0.15, -0.1) is 11.3 Å². The second-order valence-electron chi connectivity index (χ2n) is 4.17. The van der Waals surface area contributed by atoms with Gasteiger partial charge in [0.1, 0.15) is 0 Å². The van der Waals surface area contributed by atoms with Crippen LogP contribution in [-0.2, 0) is 6.42 Å². The minimum absolute atomic E-state index is 0.607. The van der Waals surface area contributed by atoms with Crippen LogP contribution in [0.3, 0.4) is 0 Å². The zero-order chi connectivity index (χ0) is 12.1. The Bertz CT molecular complexity index is 450. The Labute approximate surface area is 115 Å². The maximum atomic E-state index is 4.68. The van der Waals surface area contributed by atoms with Crippen molar-refractivity contribution < 1.29 is 0 Å². The van der Waals surface area contributed by atoms with Crippen molar-refractivity contribution in [3.05, 3.63) is 40.7 Å². The Morgan fingerprint density at radius 2 is 2.06 bits per heavy atom. The highest BCUT2D eigenvalue weighted by atomic mass is 79.9. The summed E-state index contributed by atoms with van der Waals surface area (Å²) >= 11 is 5.34. The minimum Gasteiger partial charge on any atom is -0.241 e. The average molecular weight is 310 g/mol. The number of hydrogen-bond donors (Lipinski definition) is 0. The number of nitrogens with zero attached hydrogens (tertiary/aromatic N) is 1. The number of rotatable bonds is 5. The van der Waals surface area contributed by atoms with Gasteiger partial charge in [0.2, 0.25) is 0 Å². The number of thiazole rings is 1. The fourth-order valence-electron chi connectivity index (χ4n) is 1.70. The van der Waals surface area contributed by atoms with E-state index < -0.39 is 0 Å². The standard InChI is InChI=1S/C14H16BrNS/c1-11(15)6-5-9-14-16-13(10-17-14)12-7-3-2-4-8-12/h2-4,7-8,10-11H,5-6,9H2,1H3. The van der Waals surface area contributed by atoms with E-state index in [4.69, 9.17) is 0 Å². The lowest BCUT2D eigenvalue weighted by Gasteiger charge is -2.00. The van der Waals surface area contributed by atoms with E-state index in [2.05, 4.69) is 57.5 Å². The van der Waals surface area contributed by atoms with Crippen LogP contribution in [0.1, 0.15) is 24.8 Å². The van der Waals surface area contributed by atoms with Crippen molar-refractivity contribution in [3.8, 4) is 11.3 Å². The molecule has 17 heavy (non-hydrogen) atoms. The summed E-state index contributed by atoms with van der Waals surface area (Å²) in [6.07, 6.45) is 3.50. The van der Waals surface area contributed by atoms with E-state index in [-0.39, 0.29) is 0 Å². The van der Waals surface area contributed by atoms with Crippen LogP contribution in [-0.4, -0.2) is 9.81 Å². The van der Waals surface area contributed by atoms with Crippen molar-refractivity contribution in [2.45, 2.75) is 31.0 Å².